The number of carbonyl (C=O) groups is 1. The number of ether oxygens (including phenoxy) is 1. The first-order valence-corrected chi connectivity index (χ1v) is 5.98. The van der Waals surface area contributed by atoms with Gasteiger partial charge >= 0.3 is 0 Å². The number of nitrogens with zero attached hydrogens (tertiary/aromatic N) is 3. The fourth-order valence-electron chi connectivity index (χ4n) is 1.96. The molecule has 1 aliphatic rings. The van der Waals surface area contributed by atoms with Crippen molar-refractivity contribution in [2.75, 3.05) is 19.7 Å². The number of likely N-dealkylation sites (N-methyl/N-ethyl adjacent to an activating group) is 1. The summed E-state index contributed by atoms with van der Waals surface area (Å²) in [6, 6.07) is 0. The lowest BCUT2D eigenvalue weighted by Gasteiger charge is -2.23. The van der Waals surface area contributed by atoms with E-state index >= 15 is 0 Å². The summed E-state index contributed by atoms with van der Waals surface area (Å²) in [4.78, 5) is 21.8. The third-order valence-electron chi connectivity index (χ3n) is 2.90. The van der Waals surface area contributed by atoms with Crippen LogP contribution in [0.4, 0.5) is 0 Å². The van der Waals surface area contributed by atoms with Crippen molar-refractivity contribution in [3.05, 3.63) is 24.3 Å². The maximum Gasteiger partial charge on any atom is 0.274 e. The molecule has 1 aliphatic heterocycles. The summed E-state index contributed by atoms with van der Waals surface area (Å²) in [6.45, 7) is 4.08. The summed E-state index contributed by atoms with van der Waals surface area (Å²) in [5, 5.41) is 0. The van der Waals surface area contributed by atoms with E-state index in [9.17, 15) is 4.79 Å². The van der Waals surface area contributed by atoms with E-state index in [-0.39, 0.29) is 12.0 Å². The molecule has 1 atom stereocenters. The highest BCUT2D eigenvalue weighted by Crippen LogP contribution is 2.14. The van der Waals surface area contributed by atoms with Gasteiger partial charge in [-0.3, -0.25) is 9.78 Å². The molecule has 1 amide bonds. The molecule has 0 aliphatic carbocycles. The van der Waals surface area contributed by atoms with Crippen molar-refractivity contribution in [1.82, 2.24) is 14.9 Å². The van der Waals surface area contributed by atoms with Gasteiger partial charge in [-0.2, -0.15) is 0 Å². The molecule has 1 fully saturated rings. The molecule has 2 rings (SSSR count). The highest BCUT2D eigenvalue weighted by molar-refractivity contribution is 5.91. The van der Waals surface area contributed by atoms with Crippen LogP contribution < -0.4 is 0 Å². The van der Waals surface area contributed by atoms with E-state index in [1.165, 1.54) is 12.4 Å². The van der Waals surface area contributed by atoms with Gasteiger partial charge in [0.05, 0.1) is 12.3 Å². The molecule has 0 saturated carbocycles. The van der Waals surface area contributed by atoms with Crippen LogP contribution in [-0.4, -0.2) is 46.6 Å². The zero-order valence-electron chi connectivity index (χ0n) is 10.0. The molecule has 1 aromatic heterocycles. The summed E-state index contributed by atoms with van der Waals surface area (Å²) in [5.74, 6) is -0.0731. The summed E-state index contributed by atoms with van der Waals surface area (Å²) in [7, 11) is 0. The van der Waals surface area contributed by atoms with E-state index in [0.717, 1.165) is 19.4 Å². The zero-order chi connectivity index (χ0) is 12.1. The molecule has 1 saturated heterocycles. The smallest absolute Gasteiger partial charge is 0.274 e. The number of aromatic nitrogens is 2. The first-order chi connectivity index (χ1) is 8.31. The molecule has 1 unspecified atom stereocenters. The Morgan fingerprint density at radius 1 is 1.59 bits per heavy atom. The fraction of sp³-hybridized carbons (Fsp3) is 0.583. The van der Waals surface area contributed by atoms with Crippen molar-refractivity contribution < 1.29 is 9.53 Å². The molecule has 0 aromatic carbocycles. The highest BCUT2D eigenvalue weighted by Gasteiger charge is 2.22. The van der Waals surface area contributed by atoms with Crippen LogP contribution in [0, 0.1) is 0 Å². The Kier molecular flexibility index (Phi) is 4.03. The Balaban J connectivity index is 2.00. The minimum atomic E-state index is -0.0731. The molecule has 0 radical (unpaired) electrons. The maximum atomic E-state index is 12.1. The van der Waals surface area contributed by atoms with E-state index in [1.54, 1.807) is 11.1 Å². The Morgan fingerprint density at radius 2 is 2.47 bits per heavy atom. The third-order valence-corrected chi connectivity index (χ3v) is 2.90. The number of rotatable bonds is 4. The minimum Gasteiger partial charge on any atom is -0.376 e. The first kappa shape index (κ1) is 12.0. The fourth-order valence-corrected chi connectivity index (χ4v) is 1.96. The van der Waals surface area contributed by atoms with Gasteiger partial charge in [-0.05, 0) is 19.8 Å². The van der Waals surface area contributed by atoms with Crippen LogP contribution in [0.3, 0.4) is 0 Å². The Bertz CT molecular complexity index is 363. The van der Waals surface area contributed by atoms with Crippen molar-refractivity contribution >= 4 is 5.91 Å². The van der Waals surface area contributed by atoms with Gasteiger partial charge in [0.1, 0.15) is 5.69 Å². The van der Waals surface area contributed by atoms with Crippen LogP contribution in [0.15, 0.2) is 18.6 Å². The molecule has 1 aromatic rings. The van der Waals surface area contributed by atoms with Crippen molar-refractivity contribution in [2.24, 2.45) is 0 Å². The summed E-state index contributed by atoms with van der Waals surface area (Å²) < 4.78 is 5.54. The van der Waals surface area contributed by atoms with Crippen LogP contribution in [0.5, 0.6) is 0 Å². The first-order valence-electron chi connectivity index (χ1n) is 5.98. The molecule has 0 bridgehead atoms. The van der Waals surface area contributed by atoms with Crippen molar-refractivity contribution in [3.8, 4) is 0 Å². The Labute approximate surface area is 101 Å². The monoisotopic (exact) mass is 235 g/mol. The number of hydrogen-bond acceptors (Lipinski definition) is 4. The Hall–Kier alpha value is -1.49. The van der Waals surface area contributed by atoms with Gasteiger partial charge in [-0.25, -0.2) is 4.98 Å². The average Bonchev–Trinajstić information content (AvgIpc) is 2.89. The van der Waals surface area contributed by atoms with Gasteiger partial charge in [0.15, 0.2) is 0 Å². The van der Waals surface area contributed by atoms with E-state index in [2.05, 4.69) is 9.97 Å². The topological polar surface area (TPSA) is 55.3 Å². The number of amides is 1. The lowest BCUT2D eigenvalue weighted by atomic mass is 10.2. The second kappa shape index (κ2) is 5.72. The van der Waals surface area contributed by atoms with E-state index in [1.807, 2.05) is 6.92 Å². The lowest BCUT2D eigenvalue weighted by molar-refractivity contribution is 0.0534. The lowest BCUT2D eigenvalue weighted by Crippen LogP contribution is -2.37. The standard InChI is InChI=1S/C12H17N3O2/c1-2-15(9-10-4-3-7-17-10)12(16)11-8-13-5-6-14-11/h5-6,8,10H,2-4,7,9H2,1H3. The van der Waals surface area contributed by atoms with Gasteiger partial charge in [0.25, 0.3) is 5.91 Å². The summed E-state index contributed by atoms with van der Waals surface area (Å²) in [6.07, 6.45) is 6.89. The van der Waals surface area contributed by atoms with Crippen LogP contribution in [0.25, 0.3) is 0 Å². The Morgan fingerprint density at radius 3 is 3.06 bits per heavy atom. The molecular formula is C12H17N3O2. The zero-order valence-corrected chi connectivity index (χ0v) is 10.0. The molecule has 5 heteroatoms. The van der Waals surface area contributed by atoms with Crippen LogP contribution in [0.1, 0.15) is 30.3 Å². The predicted molar refractivity (Wildman–Crippen MR) is 62.6 cm³/mol. The molecule has 0 spiro atoms. The van der Waals surface area contributed by atoms with Gasteiger partial charge in [0.2, 0.25) is 0 Å². The molecule has 5 nitrogen and oxygen atoms in total. The average molecular weight is 235 g/mol. The van der Waals surface area contributed by atoms with Gasteiger partial charge in [-0.15, -0.1) is 0 Å². The van der Waals surface area contributed by atoms with Crippen LogP contribution in [-0.2, 0) is 4.74 Å². The number of hydrogen-bond donors (Lipinski definition) is 0. The third kappa shape index (κ3) is 3.00. The van der Waals surface area contributed by atoms with Gasteiger partial charge < -0.3 is 9.64 Å². The SMILES string of the molecule is CCN(CC1CCCO1)C(=O)c1cnccn1. The molecule has 92 valence electrons. The van der Waals surface area contributed by atoms with Crippen molar-refractivity contribution in [3.63, 3.8) is 0 Å². The maximum absolute atomic E-state index is 12.1. The van der Waals surface area contributed by atoms with Crippen LogP contribution >= 0.6 is 0 Å². The van der Waals surface area contributed by atoms with E-state index < -0.39 is 0 Å². The molecule has 2 heterocycles. The molecule has 17 heavy (non-hydrogen) atoms. The van der Waals surface area contributed by atoms with Gasteiger partial charge in [-0.1, -0.05) is 0 Å². The second-order valence-electron chi connectivity index (χ2n) is 4.07. The van der Waals surface area contributed by atoms with Gasteiger partial charge in [0, 0.05) is 32.1 Å². The second-order valence-corrected chi connectivity index (χ2v) is 4.07. The summed E-state index contributed by atoms with van der Waals surface area (Å²) >= 11 is 0. The minimum absolute atomic E-state index is 0.0731. The molecular weight excluding hydrogens is 218 g/mol. The molecule has 0 N–H and O–H groups in total. The predicted octanol–water partition coefficient (Wildman–Crippen LogP) is 1.12. The highest BCUT2D eigenvalue weighted by atomic mass is 16.5. The van der Waals surface area contributed by atoms with E-state index in [4.69, 9.17) is 4.74 Å². The van der Waals surface area contributed by atoms with Crippen LogP contribution in [0.2, 0.25) is 0 Å². The summed E-state index contributed by atoms with van der Waals surface area (Å²) in [5.41, 5.74) is 0.396. The quantitative estimate of drug-likeness (QED) is 0.784. The number of carbonyl (C=O) groups excluding carboxylic acids is 1. The normalized spacial score (nSPS) is 19.2. The largest absolute Gasteiger partial charge is 0.376 e. The van der Waals surface area contributed by atoms with Crippen molar-refractivity contribution in [1.29, 1.82) is 0 Å². The van der Waals surface area contributed by atoms with E-state index in [0.29, 0.717) is 18.8 Å². The van der Waals surface area contributed by atoms with Crippen molar-refractivity contribution in [2.45, 2.75) is 25.9 Å².